The highest BCUT2D eigenvalue weighted by atomic mass is 15.1. The second-order valence-electron chi connectivity index (χ2n) is 5.20. The van der Waals surface area contributed by atoms with Crippen LogP contribution in [0.1, 0.15) is 52.9 Å². The maximum absolute atomic E-state index is 6.35. The first-order chi connectivity index (χ1) is 7.13. The molecule has 0 aromatic rings. The number of nitrogens with two attached hydrogens (primary N) is 1. The number of hydrogen-bond acceptors (Lipinski definition) is 2. The lowest BCUT2D eigenvalue weighted by Crippen LogP contribution is -2.51. The molecule has 1 rings (SSSR count). The fourth-order valence-electron chi connectivity index (χ4n) is 2.47. The van der Waals surface area contributed by atoms with Crippen molar-refractivity contribution < 1.29 is 0 Å². The molecule has 1 saturated heterocycles. The van der Waals surface area contributed by atoms with E-state index in [0.29, 0.717) is 0 Å². The van der Waals surface area contributed by atoms with E-state index < -0.39 is 0 Å². The number of hydrogen-bond donors (Lipinski definition) is 1. The molecule has 1 fully saturated rings. The molecular formula is C13H28N2. The molecule has 0 aliphatic carbocycles. The zero-order valence-electron chi connectivity index (χ0n) is 10.8. The standard InChI is InChI=1S/C13H28N2/c1-4-12-7-9-15(10-8-12)11-13(14,5-2)6-3/h12H,4-11,14H2,1-3H3. The summed E-state index contributed by atoms with van der Waals surface area (Å²) < 4.78 is 0. The van der Waals surface area contributed by atoms with Crippen LogP contribution in [0.4, 0.5) is 0 Å². The highest BCUT2D eigenvalue weighted by Gasteiger charge is 2.26. The van der Waals surface area contributed by atoms with Crippen molar-refractivity contribution >= 4 is 0 Å². The molecule has 0 spiro atoms. The molecule has 2 nitrogen and oxygen atoms in total. The van der Waals surface area contributed by atoms with Crippen molar-refractivity contribution in [1.82, 2.24) is 4.90 Å². The van der Waals surface area contributed by atoms with Crippen molar-refractivity contribution in [3.8, 4) is 0 Å². The highest BCUT2D eigenvalue weighted by Crippen LogP contribution is 2.22. The average molecular weight is 212 g/mol. The summed E-state index contributed by atoms with van der Waals surface area (Å²) in [7, 11) is 0. The van der Waals surface area contributed by atoms with Crippen molar-refractivity contribution in [2.75, 3.05) is 19.6 Å². The first-order valence-electron chi connectivity index (χ1n) is 6.64. The summed E-state index contributed by atoms with van der Waals surface area (Å²) in [6.45, 7) is 10.3. The number of rotatable bonds is 5. The first-order valence-corrected chi connectivity index (χ1v) is 6.64. The Morgan fingerprint density at radius 1 is 1.13 bits per heavy atom. The van der Waals surface area contributed by atoms with E-state index in [1.807, 2.05) is 0 Å². The zero-order chi connectivity index (χ0) is 11.3. The van der Waals surface area contributed by atoms with Gasteiger partial charge in [-0.25, -0.2) is 0 Å². The van der Waals surface area contributed by atoms with Gasteiger partial charge in [0.1, 0.15) is 0 Å². The first kappa shape index (κ1) is 13.0. The molecule has 0 aromatic heterocycles. The van der Waals surface area contributed by atoms with E-state index in [-0.39, 0.29) is 5.54 Å². The molecule has 1 aliphatic rings. The third-order valence-electron chi connectivity index (χ3n) is 4.23. The Morgan fingerprint density at radius 2 is 1.67 bits per heavy atom. The monoisotopic (exact) mass is 212 g/mol. The van der Waals surface area contributed by atoms with Crippen LogP contribution in [0.5, 0.6) is 0 Å². The Hall–Kier alpha value is -0.0800. The van der Waals surface area contributed by atoms with Crippen molar-refractivity contribution in [2.24, 2.45) is 11.7 Å². The van der Waals surface area contributed by atoms with E-state index in [4.69, 9.17) is 5.73 Å². The Labute approximate surface area is 95.2 Å². The molecule has 0 saturated carbocycles. The molecule has 0 atom stereocenters. The van der Waals surface area contributed by atoms with E-state index in [2.05, 4.69) is 25.7 Å². The van der Waals surface area contributed by atoms with E-state index in [1.54, 1.807) is 0 Å². The van der Waals surface area contributed by atoms with Gasteiger partial charge in [-0.2, -0.15) is 0 Å². The summed E-state index contributed by atoms with van der Waals surface area (Å²) >= 11 is 0. The van der Waals surface area contributed by atoms with Crippen LogP contribution < -0.4 is 5.73 Å². The van der Waals surface area contributed by atoms with Crippen LogP contribution in [0, 0.1) is 5.92 Å². The smallest absolute Gasteiger partial charge is 0.0278 e. The lowest BCUT2D eigenvalue weighted by atomic mass is 9.90. The van der Waals surface area contributed by atoms with Crippen molar-refractivity contribution in [3.05, 3.63) is 0 Å². The van der Waals surface area contributed by atoms with Gasteiger partial charge in [0.15, 0.2) is 0 Å². The van der Waals surface area contributed by atoms with Gasteiger partial charge in [0.05, 0.1) is 0 Å². The normalized spacial score (nSPS) is 20.8. The fraction of sp³-hybridized carbons (Fsp3) is 1.00. The third-order valence-corrected chi connectivity index (χ3v) is 4.23. The summed E-state index contributed by atoms with van der Waals surface area (Å²) in [4.78, 5) is 2.57. The molecule has 0 radical (unpaired) electrons. The van der Waals surface area contributed by atoms with Gasteiger partial charge in [0, 0.05) is 12.1 Å². The van der Waals surface area contributed by atoms with Crippen LogP contribution in [0.25, 0.3) is 0 Å². The van der Waals surface area contributed by atoms with Crippen LogP contribution in [-0.2, 0) is 0 Å². The van der Waals surface area contributed by atoms with Crippen LogP contribution in [-0.4, -0.2) is 30.1 Å². The van der Waals surface area contributed by atoms with Crippen molar-refractivity contribution in [3.63, 3.8) is 0 Å². The summed E-state index contributed by atoms with van der Waals surface area (Å²) in [6.07, 6.45) is 6.29. The molecule has 2 N–H and O–H groups in total. The van der Waals surface area contributed by atoms with Crippen molar-refractivity contribution in [1.29, 1.82) is 0 Å². The molecule has 90 valence electrons. The summed E-state index contributed by atoms with van der Waals surface area (Å²) in [5.74, 6) is 0.969. The van der Waals surface area contributed by atoms with Gasteiger partial charge in [-0.05, 0) is 44.7 Å². The molecule has 1 aliphatic heterocycles. The van der Waals surface area contributed by atoms with Gasteiger partial charge in [-0.15, -0.1) is 0 Å². The molecular weight excluding hydrogens is 184 g/mol. The fourth-order valence-corrected chi connectivity index (χ4v) is 2.47. The highest BCUT2D eigenvalue weighted by molar-refractivity contribution is 4.86. The minimum absolute atomic E-state index is 0.0546. The van der Waals surface area contributed by atoms with E-state index in [9.17, 15) is 0 Å². The quantitative estimate of drug-likeness (QED) is 0.759. The Morgan fingerprint density at radius 3 is 2.07 bits per heavy atom. The number of nitrogens with zero attached hydrogens (tertiary/aromatic N) is 1. The van der Waals surface area contributed by atoms with Gasteiger partial charge in [0.2, 0.25) is 0 Å². The van der Waals surface area contributed by atoms with E-state index in [0.717, 1.165) is 25.3 Å². The minimum Gasteiger partial charge on any atom is -0.324 e. The Balaban J connectivity index is 2.34. The van der Waals surface area contributed by atoms with E-state index in [1.165, 1.54) is 32.4 Å². The van der Waals surface area contributed by atoms with Crippen molar-refractivity contribution in [2.45, 2.75) is 58.4 Å². The maximum atomic E-state index is 6.35. The summed E-state index contributed by atoms with van der Waals surface area (Å²) in [5, 5.41) is 0. The van der Waals surface area contributed by atoms with Crippen LogP contribution >= 0.6 is 0 Å². The number of likely N-dealkylation sites (tertiary alicyclic amines) is 1. The largest absolute Gasteiger partial charge is 0.324 e. The predicted octanol–water partition coefficient (Wildman–Crippen LogP) is 2.63. The zero-order valence-corrected chi connectivity index (χ0v) is 10.8. The average Bonchev–Trinajstić information content (AvgIpc) is 2.30. The summed E-state index contributed by atoms with van der Waals surface area (Å²) in [6, 6.07) is 0. The Kier molecular flexibility index (Phi) is 5.07. The maximum Gasteiger partial charge on any atom is 0.0278 e. The van der Waals surface area contributed by atoms with Crippen LogP contribution in [0.2, 0.25) is 0 Å². The van der Waals surface area contributed by atoms with Gasteiger partial charge < -0.3 is 10.6 Å². The van der Waals surface area contributed by atoms with Crippen LogP contribution in [0.3, 0.4) is 0 Å². The predicted molar refractivity (Wildman–Crippen MR) is 67.0 cm³/mol. The minimum atomic E-state index is 0.0546. The molecule has 0 bridgehead atoms. The Bertz CT molecular complexity index is 167. The topological polar surface area (TPSA) is 29.3 Å². The van der Waals surface area contributed by atoms with Gasteiger partial charge in [0.25, 0.3) is 0 Å². The molecule has 1 heterocycles. The van der Waals surface area contributed by atoms with Crippen LogP contribution in [0.15, 0.2) is 0 Å². The second kappa shape index (κ2) is 5.86. The number of piperidine rings is 1. The van der Waals surface area contributed by atoms with Gasteiger partial charge in [-0.1, -0.05) is 27.2 Å². The second-order valence-corrected chi connectivity index (χ2v) is 5.20. The molecule has 0 aromatic carbocycles. The molecule has 15 heavy (non-hydrogen) atoms. The molecule has 0 amide bonds. The molecule has 0 unspecified atom stereocenters. The lowest BCUT2D eigenvalue weighted by Gasteiger charge is -2.38. The lowest BCUT2D eigenvalue weighted by molar-refractivity contribution is 0.142. The SMILES string of the molecule is CCC1CCN(CC(N)(CC)CC)CC1. The van der Waals surface area contributed by atoms with Gasteiger partial charge in [-0.3, -0.25) is 0 Å². The molecule has 2 heteroatoms. The van der Waals surface area contributed by atoms with E-state index >= 15 is 0 Å². The third kappa shape index (κ3) is 3.76. The summed E-state index contributed by atoms with van der Waals surface area (Å²) in [5.41, 5.74) is 6.41. The van der Waals surface area contributed by atoms with Gasteiger partial charge >= 0.3 is 0 Å².